The van der Waals surface area contributed by atoms with Gasteiger partial charge >= 0.3 is 0 Å². The average molecular weight is 211 g/mol. The van der Waals surface area contributed by atoms with Gasteiger partial charge in [-0.05, 0) is 31.1 Å². The number of hydroxylamine groups is 2. The van der Waals surface area contributed by atoms with E-state index in [4.69, 9.17) is 4.84 Å². The topological polar surface area (TPSA) is 29.5 Å². The van der Waals surface area contributed by atoms with Crippen LogP contribution in [0.3, 0.4) is 0 Å². The Kier molecular flexibility index (Phi) is 3.01. The fourth-order valence-corrected chi connectivity index (χ4v) is 2.73. The molecule has 2 fully saturated rings. The number of rotatable bonds is 1. The van der Waals surface area contributed by atoms with Crippen LogP contribution in [0.2, 0.25) is 0 Å². The minimum absolute atomic E-state index is 0.165. The van der Waals surface area contributed by atoms with Crippen molar-refractivity contribution in [3.05, 3.63) is 0 Å². The third kappa shape index (κ3) is 2.17. The van der Waals surface area contributed by atoms with Gasteiger partial charge in [0.25, 0.3) is 0 Å². The quantitative estimate of drug-likeness (QED) is 0.666. The van der Waals surface area contributed by atoms with Crippen molar-refractivity contribution in [1.82, 2.24) is 5.06 Å². The second kappa shape index (κ2) is 4.12. The third-order valence-electron chi connectivity index (χ3n) is 3.80. The van der Waals surface area contributed by atoms with Crippen molar-refractivity contribution in [2.75, 3.05) is 13.2 Å². The highest BCUT2D eigenvalue weighted by atomic mass is 16.7. The maximum atomic E-state index is 12.2. The highest BCUT2D eigenvalue weighted by Gasteiger charge is 2.41. The van der Waals surface area contributed by atoms with E-state index in [0.29, 0.717) is 6.61 Å². The van der Waals surface area contributed by atoms with E-state index >= 15 is 0 Å². The van der Waals surface area contributed by atoms with Crippen molar-refractivity contribution in [3.8, 4) is 0 Å². The predicted octanol–water partition coefficient (Wildman–Crippen LogP) is 2.37. The molecule has 86 valence electrons. The first-order valence-corrected chi connectivity index (χ1v) is 6.05. The SMILES string of the molecule is CC1(C)CCCC1C(=O)N1CCCCO1. The van der Waals surface area contributed by atoms with Crippen molar-refractivity contribution in [3.63, 3.8) is 0 Å². The average Bonchev–Trinajstić information content (AvgIpc) is 2.58. The molecule has 0 aromatic heterocycles. The normalized spacial score (nSPS) is 30.5. The first-order valence-electron chi connectivity index (χ1n) is 6.05. The zero-order chi connectivity index (χ0) is 10.9. The van der Waals surface area contributed by atoms with Crippen LogP contribution in [0.5, 0.6) is 0 Å². The molecule has 0 aromatic rings. The lowest BCUT2D eigenvalue weighted by Gasteiger charge is -2.33. The van der Waals surface area contributed by atoms with Crippen LogP contribution in [0, 0.1) is 11.3 Å². The standard InChI is InChI=1S/C12H21NO2/c1-12(2)7-5-6-10(12)11(14)13-8-3-4-9-15-13/h10H,3-9H2,1-2H3. The molecule has 1 unspecified atom stereocenters. The minimum atomic E-state index is 0.165. The maximum absolute atomic E-state index is 12.2. The number of hydrogen-bond acceptors (Lipinski definition) is 2. The summed E-state index contributed by atoms with van der Waals surface area (Å²) >= 11 is 0. The zero-order valence-corrected chi connectivity index (χ0v) is 9.79. The van der Waals surface area contributed by atoms with Gasteiger partial charge in [-0.1, -0.05) is 20.3 Å². The van der Waals surface area contributed by atoms with Gasteiger partial charge in [-0.3, -0.25) is 9.63 Å². The number of nitrogens with zero attached hydrogens (tertiary/aromatic N) is 1. The number of carbonyl (C=O) groups excluding carboxylic acids is 1. The lowest BCUT2D eigenvalue weighted by Crippen LogP contribution is -2.42. The second-order valence-electron chi connectivity index (χ2n) is 5.41. The van der Waals surface area contributed by atoms with Crippen LogP contribution in [0.15, 0.2) is 0 Å². The fourth-order valence-electron chi connectivity index (χ4n) is 2.73. The molecule has 1 saturated heterocycles. The molecule has 0 bridgehead atoms. The Morgan fingerprint density at radius 3 is 2.67 bits per heavy atom. The van der Waals surface area contributed by atoms with Gasteiger partial charge in [0.1, 0.15) is 0 Å². The summed E-state index contributed by atoms with van der Waals surface area (Å²) in [6.45, 7) is 5.89. The van der Waals surface area contributed by atoms with Gasteiger partial charge in [-0.2, -0.15) is 0 Å². The van der Waals surface area contributed by atoms with E-state index in [1.807, 2.05) is 0 Å². The molecule has 1 saturated carbocycles. The summed E-state index contributed by atoms with van der Waals surface area (Å²) in [4.78, 5) is 17.6. The van der Waals surface area contributed by atoms with Crippen molar-refractivity contribution < 1.29 is 9.63 Å². The second-order valence-corrected chi connectivity index (χ2v) is 5.41. The summed E-state index contributed by atoms with van der Waals surface area (Å²) in [6, 6.07) is 0. The molecule has 2 aliphatic rings. The molecule has 3 nitrogen and oxygen atoms in total. The number of hydrogen-bond donors (Lipinski definition) is 0. The van der Waals surface area contributed by atoms with Crippen molar-refractivity contribution in [2.24, 2.45) is 11.3 Å². The Labute approximate surface area is 91.7 Å². The Balaban J connectivity index is 2.00. The monoisotopic (exact) mass is 211 g/mol. The molecule has 0 radical (unpaired) electrons. The van der Waals surface area contributed by atoms with Gasteiger partial charge in [-0.15, -0.1) is 0 Å². The minimum Gasteiger partial charge on any atom is -0.272 e. The van der Waals surface area contributed by atoms with Gasteiger partial charge < -0.3 is 0 Å². The molecule has 2 rings (SSSR count). The molecule has 1 amide bonds. The molecule has 0 aromatic carbocycles. The van der Waals surface area contributed by atoms with E-state index in [9.17, 15) is 4.79 Å². The van der Waals surface area contributed by atoms with E-state index in [0.717, 1.165) is 32.2 Å². The van der Waals surface area contributed by atoms with Crippen LogP contribution in [0.25, 0.3) is 0 Å². The first kappa shape index (κ1) is 10.9. The van der Waals surface area contributed by atoms with E-state index in [1.165, 1.54) is 6.42 Å². The third-order valence-corrected chi connectivity index (χ3v) is 3.80. The Morgan fingerprint density at radius 1 is 1.33 bits per heavy atom. The molecule has 0 spiro atoms. The van der Waals surface area contributed by atoms with E-state index in [1.54, 1.807) is 5.06 Å². The Bertz CT molecular complexity index is 244. The summed E-state index contributed by atoms with van der Waals surface area (Å²) in [5, 5.41) is 1.61. The molecular weight excluding hydrogens is 190 g/mol. The lowest BCUT2D eigenvalue weighted by atomic mass is 9.81. The van der Waals surface area contributed by atoms with E-state index in [2.05, 4.69) is 13.8 Å². The fraction of sp³-hybridized carbons (Fsp3) is 0.917. The summed E-state index contributed by atoms with van der Waals surface area (Å²) in [7, 11) is 0. The van der Waals surface area contributed by atoms with Crippen LogP contribution in [0.4, 0.5) is 0 Å². The van der Waals surface area contributed by atoms with Crippen molar-refractivity contribution in [2.45, 2.75) is 46.0 Å². The lowest BCUT2D eigenvalue weighted by molar-refractivity contribution is -0.203. The molecule has 1 heterocycles. The van der Waals surface area contributed by atoms with E-state index in [-0.39, 0.29) is 17.2 Å². The zero-order valence-electron chi connectivity index (χ0n) is 9.79. The maximum Gasteiger partial charge on any atom is 0.249 e. The molecular formula is C12H21NO2. The smallest absolute Gasteiger partial charge is 0.249 e. The Morgan fingerprint density at radius 2 is 2.13 bits per heavy atom. The van der Waals surface area contributed by atoms with Crippen LogP contribution in [0.1, 0.15) is 46.0 Å². The van der Waals surface area contributed by atoms with Crippen LogP contribution < -0.4 is 0 Å². The molecule has 1 aliphatic heterocycles. The summed E-state index contributed by atoms with van der Waals surface area (Å²) in [5.41, 5.74) is 0.165. The Hall–Kier alpha value is -0.570. The predicted molar refractivity (Wildman–Crippen MR) is 58.0 cm³/mol. The van der Waals surface area contributed by atoms with Gasteiger partial charge in [0, 0.05) is 12.5 Å². The van der Waals surface area contributed by atoms with Crippen LogP contribution >= 0.6 is 0 Å². The largest absolute Gasteiger partial charge is 0.272 e. The van der Waals surface area contributed by atoms with Crippen LogP contribution in [-0.2, 0) is 9.63 Å². The van der Waals surface area contributed by atoms with E-state index < -0.39 is 0 Å². The summed E-state index contributed by atoms with van der Waals surface area (Å²) in [6.07, 6.45) is 5.54. The van der Waals surface area contributed by atoms with Crippen LogP contribution in [-0.4, -0.2) is 24.1 Å². The molecule has 15 heavy (non-hydrogen) atoms. The summed E-state index contributed by atoms with van der Waals surface area (Å²) < 4.78 is 0. The van der Waals surface area contributed by atoms with Gasteiger partial charge in [0.15, 0.2) is 0 Å². The molecule has 1 aliphatic carbocycles. The van der Waals surface area contributed by atoms with Gasteiger partial charge in [-0.25, -0.2) is 5.06 Å². The number of carbonyl (C=O) groups is 1. The van der Waals surface area contributed by atoms with Crippen molar-refractivity contribution >= 4 is 5.91 Å². The summed E-state index contributed by atoms with van der Waals surface area (Å²) in [5.74, 6) is 0.396. The first-order chi connectivity index (χ1) is 7.11. The number of amides is 1. The molecule has 1 atom stereocenters. The highest BCUT2D eigenvalue weighted by molar-refractivity contribution is 5.79. The highest BCUT2D eigenvalue weighted by Crippen LogP contribution is 2.43. The van der Waals surface area contributed by atoms with Gasteiger partial charge in [0.2, 0.25) is 5.91 Å². The molecule has 3 heteroatoms. The van der Waals surface area contributed by atoms with Crippen molar-refractivity contribution in [1.29, 1.82) is 0 Å². The molecule has 0 N–H and O–H groups in total. The van der Waals surface area contributed by atoms with Gasteiger partial charge in [0.05, 0.1) is 6.61 Å².